The van der Waals surface area contributed by atoms with Crippen LogP contribution in [0.4, 0.5) is 0 Å². The summed E-state index contributed by atoms with van der Waals surface area (Å²) in [7, 11) is 0. The zero-order valence-corrected chi connectivity index (χ0v) is 13.6. The Morgan fingerprint density at radius 1 is 1.00 bits per heavy atom. The van der Waals surface area contributed by atoms with E-state index in [1.54, 1.807) is 11.3 Å². The minimum atomic E-state index is 0.263. The third kappa shape index (κ3) is 2.64. The number of ether oxygens (including phenoxy) is 3. The number of hydrogen-bond donors (Lipinski definition) is 0. The monoisotopic (exact) mass is 325 g/mol. The summed E-state index contributed by atoms with van der Waals surface area (Å²) in [5.41, 5.74) is 6.33. The van der Waals surface area contributed by atoms with Gasteiger partial charge in [0.05, 0.1) is 11.2 Å². The first-order valence-electron chi connectivity index (χ1n) is 7.28. The van der Waals surface area contributed by atoms with Crippen LogP contribution in [-0.4, -0.2) is 11.8 Å². The van der Waals surface area contributed by atoms with E-state index in [2.05, 4.69) is 24.2 Å². The Balaban J connectivity index is 1.65. The number of rotatable bonds is 3. The first-order valence-corrected chi connectivity index (χ1v) is 8.22. The first kappa shape index (κ1) is 14.1. The van der Waals surface area contributed by atoms with Crippen LogP contribution >= 0.6 is 11.3 Å². The molecule has 23 heavy (non-hydrogen) atoms. The van der Waals surface area contributed by atoms with E-state index in [9.17, 15) is 0 Å². The predicted octanol–water partition coefficient (Wildman–Crippen LogP) is 4.95. The van der Waals surface area contributed by atoms with Gasteiger partial charge in [0.1, 0.15) is 11.5 Å². The first-order chi connectivity index (χ1) is 11.2. The van der Waals surface area contributed by atoms with Gasteiger partial charge in [-0.25, -0.2) is 4.98 Å². The average molecular weight is 325 g/mol. The van der Waals surface area contributed by atoms with Crippen molar-refractivity contribution in [2.24, 2.45) is 0 Å². The van der Waals surface area contributed by atoms with Crippen molar-refractivity contribution in [3.05, 3.63) is 52.3 Å². The van der Waals surface area contributed by atoms with Crippen molar-refractivity contribution in [1.29, 1.82) is 0 Å². The van der Waals surface area contributed by atoms with E-state index in [1.165, 1.54) is 5.56 Å². The van der Waals surface area contributed by atoms with Gasteiger partial charge >= 0.3 is 0 Å². The van der Waals surface area contributed by atoms with Crippen molar-refractivity contribution in [2.75, 3.05) is 6.79 Å². The lowest BCUT2D eigenvalue weighted by Gasteiger charge is -2.12. The Morgan fingerprint density at radius 3 is 2.52 bits per heavy atom. The minimum absolute atomic E-state index is 0.263. The molecule has 2 aromatic carbocycles. The summed E-state index contributed by atoms with van der Waals surface area (Å²) in [6, 6.07) is 9.66. The molecule has 1 aliphatic heterocycles. The van der Waals surface area contributed by atoms with Crippen LogP contribution in [0.1, 0.15) is 11.1 Å². The molecule has 0 unspecified atom stereocenters. The molecule has 1 aromatic heterocycles. The van der Waals surface area contributed by atoms with Crippen LogP contribution in [0.3, 0.4) is 0 Å². The Hall–Kier alpha value is -2.53. The quantitative estimate of drug-likeness (QED) is 0.683. The van der Waals surface area contributed by atoms with Gasteiger partial charge in [-0.2, -0.15) is 0 Å². The molecular formula is C18H15NO3S. The molecule has 0 N–H and O–H groups in total. The smallest absolute Gasteiger partial charge is 0.231 e. The second-order valence-corrected chi connectivity index (χ2v) is 6.14. The predicted molar refractivity (Wildman–Crippen MR) is 89.7 cm³/mol. The molecule has 0 fully saturated rings. The lowest BCUT2D eigenvalue weighted by atomic mass is 10.0. The largest absolute Gasteiger partial charge is 0.457 e. The van der Waals surface area contributed by atoms with Gasteiger partial charge in [-0.1, -0.05) is 0 Å². The Labute approximate surface area is 138 Å². The zero-order valence-electron chi connectivity index (χ0n) is 12.8. The van der Waals surface area contributed by atoms with Gasteiger partial charge in [-0.05, 0) is 49.2 Å². The molecule has 3 aromatic rings. The average Bonchev–Trinajstić information content (AvgIpc) is 3.17. The van der Waals surface area contributed by atoms with Gasteiger partial charge in [-0.15, -0.1) is 11.3 Å². The van der Waals surface area contributed by atoms with E-state index in [1.807, 2.05) is 35.8 Å². The molecular weight excluding hydrogens is 310 g/mol. The van der Waals surface area contributed by atoms with Gasteiger partial charge in [-0.3, -0.25) is 0 Å². The lowest BCUT2D eigenvalue weighted by Crippen LogP contribution is -1.93. The van der Waals surface area contributed by atoms with E-state index in [4.69, 9.17) is 14.2 Å². The van der Waals surface area contributed by atoms with Crippen LogP contribution in [0, 0.1) is 13.8 Å². The normalized spacial score (nSPS) is 12.4. The van der Waals surface area contributed by atoms with E-state index in [0.717, 1.165) is 39.8 Å². The van der Waals surface area contributed by atoms with Crippen LogP contribution in [0.5, 0.6) is 23.0 Å². The van der Waals surface area contributed by atoms with E-state index in [-0.39, 0.29) is 6.79 Å². The van der Waals surface area contributed by atoms with Gasteiger partial charge in [0, 0.05) is 17.0 Å². The molecule has 0 spiro atoms. The number of hydrogen-bond acceptors (Lipinski definition) is 5. The van der Waals surface area contributed by atoms with Crippen LogP contribution < -0.4 is 14.2 Å². The van der Waals surface area contributed by atoms with E-state index in [0.29, 0.717) is 0 Å². The highest BCUT2D eigenvalue weighted by molar-refractivity contribution is 7.07. The molecule has 5 heteroatoms. The Bertz CT molecular complexity index is 836. The summed E-state index contributed by atoms with van der Waals surface area (Å²) < 4.78 is 16.7. The van der Waals surface area contributed by atoms with Crippen LogP contribution in [0.25, 0.3) is 11.3 Å². The molecule has 0 saturated carbocycles. The highest BCUT2D eigenvalue weighted by atomic mass is 32.1. The zero-order chi connectivity index (χ0) is 15.8. The number of nitrogens with zero attached hydrogens (tertiary/aromatic N) is 1. The van der Waals surface area contributed by atoms with Crippen molar-refractivity contribution in [2.45, 2.75) is 13.8 Å². The third-order valence-corrected chi connectivity index (χ3v) is 4.36. The third-order valence-electron chi connectivity index (χ3n) is 3.77. The van der Waals surface area contributed by atoms with Gasteiger partial charge < -0.3 is 14.2 Å². The summed E-state index contributed by atoms with van der Waals surface area (Å²) in [4.78, 5) is 4.41. The van der Waals surface area contributed by atoms with Crippen molar-refractivity contribution < 1.29 is 14.2 Å². The second-order valence-electron chi connectivity index (χ2n) is 5.42. The van der Waals surface area contributed by atoms with Gasteiger partial charge in [0.25, 0.3) is 0 Å². The molecule has 0 amide bonds. The second kappa shape index (κ2) is 5.59. The summed E-state index contributed by atoms with van der Waals surface area (Å²) in [5.74, 6) is 3.01. The number of fused-ring (bicyclic) bond motifs is 1. The molecule has 1 aliphatic rings. The Morgan fingerprint density at radius 2 is 1.78 bits per heavy atom. The van der Waals surface area contributed by atoms with Crippen molar-refractivity contribution in [3.63, 3.8) is 0 Å². The summed E-state index contributed by atoms with van der Waals surface area (Å²) in [5, 5.41) is 2.06. The number of aromatic nitrogens is 1. The molecule has 4 rings (SSSR count). The molecule has 4 nitrogen and oxygen atoms in total. The number of thiazole rings is 1. The highest BCUT2D eigenvalue weighted by Crippen LogP contribution is 2.38. The van der Waals surface area contributed by atoms with E-state index >= 15 is 0 Å². The molecule has 0 atom stereocenters. The number of benzene rings is 2. The molecule has 0 bridgehead atoms. The molecule has 2 heterocycles. The molecule has 0 aliphatic carbocycles. The SMILES string of the molecule is Cc1cc(Oc2ccc3c(c2)OCO3)cc(C)c1-c1cscn1. The number of aryl methyl sites for hydroxylation is 2. The van der Waals surface area contributed by atoms with Crippen LogP contribution in [0.2, 0.25) is 0 Å². The maximum absolute atomic E-state index is 5.98. The van der Waals surface area contributed by atoms with Crippen molar-refractivity contribution >= 4 is 11.3 Å². The fourth-order valence-corrected chi connectivity index (χ4v) is 3.34. The van der Waals surface area contributed by atoms with Crippen molar-refractivity contribution in [1.82, 2.24) is 4.98 Å². The van der Waals surface area contributed by atoms with Gasteiger partial charge in [0.2, 0.25) is 6.79 Å². The summed E-state index contributed by atoms with van der Waals surface area (Å²) >= 11 is 1.60. The molecule has 116 valence electrons. The maximum Gasteiger partial charge on any atom is 0.231 e. The maximum atomic E-state index is 5.98. The summed E-state index contributed by atoms with van der Waals surface area (Å²) in [6.45, 7) is 4.42. The van der Waals surface area contributed by atoms with Crippen LogP contribution in [-0.2, 0) is 0 Å². The molecule has 0 saturated heterocycles. The van der Waals surface area contributed by atoms with E-state index < -0.39 is 0 Å². The molecule has 0 radical (unpaired) electrons. The lowest BCUT2D eigenvalue weighted by molar-refractivity contribution is 0.174. The van der Waals surface area contributed by atoms with Crippen molar-refractivity contribution in [3.8, 4) is 34.3 Å². The van der Waals surface area contributed by atoms with Gasteiger partial charge in [0.15, 0.2) is 11.5 Å². The minimum Gasteiger partial charge on any atom is -0.457 e. The van der Waals surface area contributed by atoms with Crippen LogP contribution in [0.15, 0.2) is 41.2 Å². The highest BCUT2D eigenvalue weighted by Gasteiger charge is 2.15. The fraction of sp³-hybridized carbons (Fsp3) is 0.167. The fourth-order valence-electron chi connectivity index (χ4n) is 2.80. The Kier molecular flexibility index (Phi) is 3.42. The topological polar surface area (TPSA) is 40.6 Å². The standard InChI is InChI=1S/C18H15NO3S/c1-11-5-14(6-12(2)18(11)15-8-23-9-19-15)22-13-3-4-16-17(7-13)21-10-20-16/h3-9H,10H2,1-2H3. The summed E-state index contributed by atoms with van der Waals surface area (Å²) in [6.07, 6.45) is 0.